The fourth-order valence-electron chi connectivity index (χ4n) is 3.75. The Morgan fingerprint density at radius 2 is 1.89 bits per heavy atom. The highest BCUT2D eigenvalue weighted by Gasteiger charge is 2.15. The smallest absolute Gasteiger partial charge is 0.303 e. The summed E-state index contributed by atoms with van der Waals surface area (Å²) >= 11 is 0. The van der Waals surface area contributed by atoms with Gasteiger partial charge in [-0.05, 0) is 48.9 Å². The van der Waals surface area contributed by atoms with E-state index < -0.39 is 5.97 Å². The summed E-state index contributed by atoms with van der Waals surface area (Å²) in [4.78, 5) is 24.6. The van der Waals surface area contributed by atoms with E-state index in [0.29, 0.717) is 13.0 Å². The number of aliphatic imine (C=N–C) groups is 2. The number of piperazine rings is 1. The molecule has 1 aromatic rings. The summed E-state index contributed by atoms with van der Waals surface area (Å²) in [6.45, 7) is 18.5. The van der Waals surface area contributed by atoms with Crippen LogP contribution in [-0.2, 0) is 11.3 Å². The van der Waals surface area contributed by atoms with Crippen molar-refractivity contribution >= 4 is 29.4 Å². The summed E-state index contributed by atoms with van der Waals surface area (Å²) < 4.78 is 0. The minimum Gasteiger partial charge on any atom is -0.481 e. The van der Waals surface area contributed by atoms with Crippen molar-refractivity contribution in [1.29, 1.82) is 0 Å². The number of nitrogens with one attached hydrogen (secondary N) is 1. The Bertz CT molecular complexity index is 1070. The predicted octanol–water partition coefficient (Wildman–Crippen LogP) is 5.76. The van der Waals surface area contributed by atoms with Gasteiger partial charge in [0.05, 0.1) is 17.7 Å². The SMILES string of the molecule is C=C/C=C\C=C\N1CCN(Cc2ccc(N=C(C)/C(C=C)=C/C=C)c(NC=NCCCC(=O)O)c2)CC1. The first-order chi connectivity index (χ1) is 18.0. The van der Waals surface area contributed by atoms with Gasteiger partial charge < -0.3 is 15.3 Å². The minimum absolute atomic E-state index is 0.107. The molecule has 1 fully saturated rings. The quantitative estimate of drug-likeness (QED) is 0.138. The highest BCUT2D eigenvalue weighted by molar-refractivity contribution is 6.03. The number of hydrogen-bond acceptors (Lipinski definition) is 5. The molecule has 0 amide bonds. The molecule has 0 bridgehead atoms. The van der Waals surface area contributed by atoms with Crippen LogP contribution >= 0.6 is 0 Å². The first-order valence-electron chi connectivity index (χ1n) is 12.5. The predicted molar refractivity (Wildman–Crippen MR) is 157 cm³/mol. The average molecular weight is 502 g/mol. The van der Waals surface area contributed by atoms with Crippen molar-refractivity contribution in [2.24, 2.45) is 9.98 Å². The molecule has 7 nitrogen and oxygen atoms in total. The van der Waals surface area contributed by atoms with E-state index in [0.717, 1.165) is 55.4 Å². The van der Waals surface area contributed by atoms with Crippen molar-refractivity contribution in [1.82, 2.24) is 9.80 Å². The lowest BCUT2D eigenvalue weighted by molar-refractivity contribution is -0.137. The van der Waals surface area contributed by atoms with Crippen molar-refractivity contribution in [3.8, 4) is 0 Å². The second kappa shape index (κ2) is 16.7. The summed E-state index contributed by atoms with van der Waals surface area (Å²) in [5, 5.41) is 12.0. The molecule has 1 saturated heterocycles. The molecule has 37 heavy (non-hydrogen) atoms. The van der Waals surface area contributed by atoms with Crippen LogP contribution in [0.3, 0.4) is 0 Å². The second-order valence-electron chi connectivity index (χ2n) is 8.56. The molecule has 0 saturated carbocycles. The van der Waals surface area contributed by atoms with E-state index in [1.807, 2.05) is 37.3 Å². The van der Waals surface area contributed by atoms with Crippen LogP contribution in [0.2, 0.25) is 0 Å². The molecule has 0 radical (unpaired) electrons. The number of aliphatic carboxylic acids is 1. The molecule has 0 atom stereocenters. The summed E-state index contributed by atoms with van der Waals surface area (Å²) in [7, 11) is 0. The minimum atomic E-state index is -0.810. The molecule has 0 aromatic heterocycles. The van der Waals surface area contributed by atoms with Crippen molar-refractivity contribution in [3.63, 3.8) is 0 Å². The number of hydrogen-bond donors (Lipinski definition) is 2. The summed E-state index contributed by atoms with van der Waals surface area (Å²) in [6.07, 6.45) is 17.4. The van der Waals surface area contributed by atoms with Crippen molar-refractivity contribution in [2.45, 2.75) is 26.3 Å². The highest BCUT2D eigenvalue weighted by Crippen LogP contribution is 2.28. The van der Waals surface area contributed by atoms with Gasteiger partial charge in [-0.15, -0.1) is 0 Å². The van der Waals surface area contributed by atoms with Crippen LogP contribution in [0.25, 0.3) is 0 Å². The molecule has 196 valence electrons. The standard InChI is InChI=1S/C30H39N5O2/c1-5-8-9-10-17-34-18-20-35(21-19-34)23-26-14-15-28(33-25(4)27(7-3)12-6-2)29(22-26)32-24-31-16-11-13-30(36)37/h5-10,12,14-15,17,22,24H,1-3,11,13,16,18-21,23H2,4H3,(H,31,32)(H,36,37)/b9-8-,17-10+,27-12+,33-25?. The van der Waals surface area contributed by atoms with Gasteiger partial charge in [0.2, 0.25) is 0 Å². The third kappa shape index (κ3) is 11.1. The number of carboxylic acids is 1. The van der Waals surface area contributed by atoms with E-state index in [1.54, 1.807) is 24.6 Å². The number of anilines is 1. The first-order valence-corrected chi connectivity index (χ1v) is 12.5. The van der Waals surface area contributed by atoms with Crippen LogP contribution in [-0.4, -0.2) is 65.6 Å². The van der Waals surface area contributed by atoms with E-state index >= 15 is 0 Å². The van der Waals surface area contributed by atoms with Gasteiger partial charge in [0, 0.05) is 51.4 Å². The zero-order valence-electron chi connectivity index (χ0n) is 21.9. The molecule has 0 unspecified atom stereocenters. The Kier molecular flexibility index (Phi) is 13.2. The fraction of sp³-hybridized carbons (Fsp3) is 0.300. The molecule has 0 aliphatic carbocycles. The van der Waals surface area contributed by atoms with Crippen LogP contribution in [0, 0.1) is 0 Å². The molecular formula is C30H39N5O2. The Hall–Kier alpha value is -3.97. The van der Waals surface area contributed by atoms with Gasteiger partial charge in [-0.3, -0.25) is 19.7 Å². The maximum atomic E-state index is 10.7. The number of carboxylic acid groups (broad SMARTS) is 1. The number of benzene rings is 1. The molecule has 1 aliphatic heterocycles. The molecule has 1 aromatic carbocycles. The Morgan fingerprint density at radius 1 is 1.11 bits per heavy atom. The molecule has 2 N–H and O–H groups in total. The number of nitrogens with zero attached hydrogens (tertiary/aromatic N) is 4. The zero-order chi connectivity index (χ0) is 26.9. The molecule has 1 aliphatic rings. The van der Waals surface area contributed by atoms with Gasteiger partial charge in [-0.25, -0.2) is 0 Å². The van der Waals surface area contributed by atoms with Gasteiger partial charge in [-0.1, -0.05) is 62.3 Å². The average Bonchev–Trinajstić information content (AvgIpc) is 2.89. The van der Waals surface area contributed by atoms with Gasteiger partial charge in [0.25, 0.3) is 0 Å². The lowest BCUT2D eigenvalue weighted by atomic mass is 10.1. The normalized spacial score (nSPS) is 15.5. The maximum Gasteiger partial charge on any atom is 0.303 e. The third-order valence-corrected chi connectivity index (χ3v) is 5.74. The maximum absolute atomic E-state index is 10.7. The van der Waals surface area contributed by atoms with E-state index in [1.165, 1.54) is 5.56 Å². The monoisotopic (exact) mass is 501 g/mol. The van der Waals surface area contributed by atoms with E-state index in [2.05, 4.69) is 58.2 Å². The first kappa shape index (κ1) is 29.3. The van der Waals surface area contributed by atoms with Crippen LogP contribution in [0.1, 0.15) is 25.3 Å². The molecule has 1 heterocycles. The van der Waals surface area contributed by atoms with Crippen LogP contribution < -0.4 is 5.32 Å². The summed E-state index contributed by atoms with van der Waals surface area (Å²) in [5.41, 5.74) is 4.55. The summed E-state index contributed by atoms with van der Waals surface area (Å²) in [5.74, 6) is -0.810. The van der Waals surface area contributed by atoms with Gasteiger partial charge in [0.1, 0.15) is 0 Å². The van der Waals surface area contributed by atoms with E-state index in [4.69, 9.17) is 10.1 Å². The second-order valence-corrected chi connectivity index (χ2v) is 8.56. The largest absolute Gasteiger partial charge is 0.481 e. The lowest BCUT2D eigenvalue weighted by Gasteiger charge is -2.34. The van der Waals surface area contributed by atoms with Crippen molar-refractivity contribution in [2.75, 3.05) is 38.0 Å². The number of rotatable bonds is 15. The molecule has 2 rings (SSSR count). The number of carbonyl (C=O) groups is 1. The highest BCUT2D eigenvalue weighted by atomic mass is 16.4. The van der Waals surface area contributed by atoms with Crippen molar-refractivity contribution < 1.29 is 9.90 Å². The van der Waals surface area contributed by atoms with Gasteiger partial charge in [0.15, 0.2) is 0 Å². The lowest BCUT2D eigenvalue weighted by Crippen LogP contribution is -2.43. The van der Waals surface area contributed by atoms with Gasteiger partial charge >= 0.3 is 5.97 Å². The topological polar surface area (TPSA) is 80.5 Å². The molecule has 0 spiro atoms. The fourth-order valence-corrected chi connectivity index (χ4v) is 3.75. The molecular weight excluding hydrogens is 462 g/mol. The Balaban J connectivity index is 2.13. The third-order valence-electron chi connectivity index (χ3n) is 5.74. The van der Waals surface area contributed by atoms with Gasteiger partial charge in [-0.2, -0.15) is 0 Å². The molecule has 7 heteroatoms. The van der Waals surface area contributed by atoms with E-state index in [-0.39, 0.29) is 6.42 Å². The Labute approximate surface area is 221 Å². The van der Waals surface area contributed by atoms with Crippen LogP contribution in [0.4, 0.5) is 11.4 Å². The van der Waals surface area contributed by atoms with Crippen LogP contribution in [0.5, 0.6) is 0 Å². The Morgan fingerprint density at radius 3 is 2.57 bits per heavy atom. The number of allylic oxidation sites excluding steroid dienone is 8. The van der Waals surface area contributed by atoms with E-state index in [9.17, 15) is 4.79 Å². The summed E-state index contributed by atoms with van der Waals surface area (Å²) in [6, 6.07) is 6.23. The van der Waals surface area contributed by atoms with Crippen LogP contribution in [0.15, 0.2) is 102 Å². The zero-order valence-corrected chi connectivity index (χ0v) is 21.9. The van der Waals surface area contributed by atoms with Crippen molar-refractivity contribution in [3.05, 3.63) is 97.8 Å².